The zero-order valence-corrected chi connectivity index (χ0v) is 12.0. The number of hydrogen-bond donors (Lipinski definition) is 2. The molecule has 1 saturated heterocycles. The van der Waals surface area contributed by atoms with Crippen LogP contribution in [0.2, 0.25) is 0 Å². The van der Waals surface area contributed by atoms with Crippen molar-refractivity contribution in [3.63, 3.8) is 0 Å². The topological polar surface area (TPSA) is 85.2 Å². The van der Waals surface area contributed by atoms with Gasteiger partial charge >= 0.3 is 5.97 Å². The Morgan fingerprint density at radius 1 is 1.38 bits per heavy atom. The summed E-state index contributed by atoms with van der Waals surface area (Å²) < 4.78 is 17.1. The lowest BCUT2D eigenvalue weighted by Gasteiger charge is -2.65. The molecule has 6 unspecified atom stereocenters. The van der Waals surface area contributed by atoms with Gasteiger partial charge in [-0.05, 0) is 13.3 Å². The highest BCUT2D eigenvalue weighted by Crippen LogP contribution is 2.63. The third kappa shape index (κ3) is 1.64. The molecule has 5 rings (SSSR count). The van der Waals surface area contributed by atoms with Crippen LogP contribution in [0.5, 0.6) is 0 Å². The molecule has 5 aliphatic rings. The average molecular weight is 296 g/mol. The van der Waals surface area contributed by atoms with Gasteiger partial charge in [-0.2, -0.15) is 0 Å². The fourth-order valence-corrected chi connectivity index (χ4v) is 5.05. The summed E-state index contributed by atoms with van der Waals surface area (Å²) in [6.45, 7) is 5.37. The average Bonchev–Trinajstić information content (AvgIpc) is 2.76. The summed E-state index contributed by atoms with van der Waals surface area (Å²) in [6, 6.07) is 0. The summed E-state index contributed by atoms with van der Waals surface area (Å²) >= 11 is 0. The Bertz CT molecular complexity index is 532. The second-order valence-electron chi connectivity index (χ2n) is 7.21. The Labute approximate surface area is 122 Å². The molecule has 4 aliphatic carbocycles. The number of aliphatic hydroxyl groups is 2. The monoisotopic (exact) mass is 296 g/mol. The van der Waals surface area contributed by atoms with Gasteiger partial charge in [0.2, 0.25) is 0 Å². The smallest absolute Gasteiger partial charge is 0.333 e. The van der Waals surface area contributed by atoms with Gasteiger partial charge in [0, 0.05) is 30.8 Å². The molecule has 5 fully saturated rings. The summed E-state index contributed by atoms with van der Waals surface area (Å²) in [5.74, 6) is -0.728. The van der Waals surface area contributed by atoms with E-state index in [0.29, 0.717) is 24.8 Å². The third-order valence-corrected chi connectivity index (χ3v) is 5.58. The Kier molecular flexibility index (Phi) is 2.52. The molecule has 0 aromatic rings. The van der Waals surface area contributed by atoms with Crippen molar-refractivity contribution in [1.82, 2.24) is 0 Å². The molecule has 0 aromatic heterocycles. The number of esters is 1. The molecular weight excluding hydrogens is 276 g/mol. The minimum absolute atomic E-state index is 0.161. The van der Waals surface area contributed by atoms with Crippen LogP contribution in [-0.2, 0) is 19.0 Å². The lowest BCUT2D eigenvalue weighted by molar-refractivity contribution is -0.306. The first-order valence-electron chi connectivity index (χ1n) is 7.34. The normalized spacial score (nSPS) is 53.6. The Hall–Kier alpha value is -0.950. The van der Waals surface area contributed by atoms with Crippen molar-refractivity contribution in [1.29, 1.82) is 0 Å². The summed E-state index contributed by atoms with van der Waals surface area (Å²) in [4.78, 5) is 12.0. The number of carbonyl (C=O) groups is 1. The Morgan fingerprint density at radius 3 is 2.86 bits per heavy atom. The second kappa shape index (κ2) is 3.87. The van der Waals surface area contributed by atoms with Crippen molar-refractivity contribution in [3.8, 4) is 0 Å². The molecule has 0 radical (unpaired) electrons. The molecule has 0 amide bonds. The van der Waals surface area contributed by atoms with Crippen LogP contribution >= 0.6 is 0 Å². The van der Waals surface area contributed by atoms with Crippen LogP contribution in [0, 0.1) is 5.92 Å². The maximum absolute atomic E-state index is 12.0. The van der Waals surface area contributed by atoms with E-state index in [4.69, 9.17) is 14.2 Å². The summed E-state index contributed by atoms with van der Waals surface area (Å²) in [7, 11) is 0. The van der Waals surface area contributed by atoms with Crippen molar-refractivity contribution >= 4 is 5.97 Å². The number of aliphatic hydroxyl groups excluding tert-OH is 1. The van der Waals surface area contributed by atoms with E-state index < -0.39 is 28.9 Å². The zero-order valence-electron chi connectivity index (χ0n) is 12.0. The lowest BCUT2D eigenvalue weighted by Crippen LogP contribution is -2.77. The first-order chi connectivity index (χ1) is 9.79. The summed E-state index contributed by atoms with van der Waals surface area (Å²) in [5.41, 5.74) is -2.39. The van der Waals surface area contributed by atoms with E-state index in [-0.39, 0.29) is 25.2 Å². The fourth-order valence-electron chi connectivity index (χ4n) is 5.05. The van der Waals surface area contributed by atoms with Crippen LogP contribution in [0.3, 0.4) is 0 Å². The van der Waals surface area contributed by atoms with Crippen molar-refractivity contribution < 1.29 is 29.2 Å². The third-order valence-electron chi connectivity index (χ3n) is 5.58. The van der Waals surface area contributed by atoms with Crippen molar-refractivity contribution in [2.75, 3.05) is 6.79 Å². The molecule has 21 heavy (non-hydrogen) atoms. The van der Waals surface area contributed by atoms with Crippen LogP contribution in [0.15, 0.2) is 12.2 Å². The molecule has 6 nitrogen and oxygen atoms in total. The van der Waals surface area contributed by atoms with E-state index in [0.717, 1.165) is 0 Å². The van der Waals surface area contributed by atoms with E-state index in [9.17, 15) is 15.0 Å². The molecule has 6 heteroatoms. The predicted octanol–water partition coefficient (Wildman–Crippen LogP) is 0.266. The van der Waals surface area contributed by atoms with Gasteiger partial charge < -0.3 is 24.4 Å². The van der Waals surface area contributed by atoms with E-state index in [1.807, 2.05) is 0 Å². The maximum atomic E-state index is 12.0. The maximum Gasteiger partial charge on any atom is 0.333 e. The van der Waals surface area contributed by atoms with Gasteiger partial charge in [-0.3, -0.25) is 0 Å². The highest BCUT2D eigenvalue weighted by atomic mass is 16.7. The number of rotatable bonds is 2. The first-order valence-corrected chi connectivity index (χ1v) is 7.34. The second-order valence-corrected chi connectivity index (χ2v) is 7.21. The van der Waals surface area contributed by atoms with Crippen molar-refractivity contribution in [2.24, 2.45) is 5.92 Å². The molecular formula is C15H20O6. The number of hydrogen-bond acceptors (Lipinski definition) is 6. The minimum Gasteiger partial charge on any atom is -0.455 e. The SMILES string of the molecule is C=C(C)C(=O)OC12CC3C(O)C(O)(C1)CC1(C2)OCOC31. The molecule has 4 bridgehead atoms. The van der Waals surface area contributed by atoms with Gasteiger partial charge in [0.05, 0.1) is 17.8 Å². The largest absolute Gasteiger partial charge is 0.455 e. The van der Waals surface area contributed by atoms with Crippen LogP contribution in [0.25, 0.3) is 0 Å². The standard InChI is InChI=1S/C15H20O6/c1-8(2)12(17)21-13-3-9-10(16)14(18,4-13)6-15(5-13)11(9)19-7-20-15/h9-11,16,18H,1,3-7H2,2H3. The Morgan fingerprint density at radius 2 is 2.14 bits per heavy atom. The molecule has 2 N–H and O–H groups in total. The molecule has 1 spiro atoms. The van der Waals surface area contributed by atoms with Crippen LogP contribution in [-0.4, -0.2) is 52.0 Å². The van der Waals surface area contributed by atoms with E-state index in [1.165, 1.54) is 0 Å². The van der Waals surface area contributed by atoms with Crippen molar-refractivity contribution in [3.05, 3.63) is 12.2 Å². The summed E-state index contributed by atoms with van der Waals surface area (Å²) in [5, 5.41) is 21.3. The minimum atomic E-state index is -1.28. The number of ether oxygens (including phenoxy) is 3. The summed E-state index contributed by atoms with van der Waals surface area (Å²) in [6.07, 6.45) is 0.475. The van der Waals surface area contributed by atoms with Crippen LogP contribution < -0.4 is 0 Å². The molecule has 4 saturated carbocycles. The quantitative estimate of drug-likeness (QED) is 0.562. The van der Waals surface area contributed by atoms with E-state index >= 15 is 0 Å². The fraction of sp³-hybridized carbons (Fsp3) is 0.800. The molecule has 6 atom stereocenters. The Balaban J connectivity index is 1.73. The van der Waals surface area contributed by atoms with Gasteiger partial charge in [-0.25, -0.2) is 4.79 Å². The first kappa shape index (κ1) is 13.7. The lowest BCUT2D eigenvalue weighted by atomic mass is 9.48. The van der Waals surface area contributed by atoms with Crippen LogP contribution in [0.4, 0.5) is 0 Å². The van der Waals surface area contributed by atoms with Gasteiger partial charge in [0.25, 0.3) is 0 Å². The predicted molar refractivity (Wildman–Crippen MR) is 70.1 cm³/mol. The molecule has 1 aliphatic heterocycles. The highest BCUT2D eigenvalue weighted by molar-refractivity contribution is 5.87. The van der Waals surface area contributed by atoms with Gasteiger partial charge in [-0.1, -0.05) is 6.58 Å². The van der Waals surface area contributed by atoms with E-state index in [2.05, 4.69) is 6.58 Å². The molecule has 116 valence electrons. The highest BCUT2D eigenvalue weighted by Gasteiger charge is 2.74. The molecule has 0 aromatic carbocycles. The van der Waals surface area contributed by atoms with E-state index in [1.54, 1.807) is 6.92 Å². The van der Waals surface area contributed by atoms with Crippen molar-refractivity contribution in [2.45, 2.75) is 61.6 Å². The molecule has 1 heterocycles. The van der Waals surface area contributed by atoms with Gasteiger partial charge in [0.15, 0.2) is 0 Å². The number of carbonyl (C=O) groups excluding carboxylic acids is 1. The van der Waals surface area contributed by atoms with Crippen LogP contribution in [0.1, 0.15) is 32.6 Å². The van der Waals surface area contributed by atoms with Gasteiger partial charge in [-0.15, -0.1) is 0 Å². The van der Waals surface area contributed by atoms with Gasteiger partial charge in [0.1, 0.15) is 18.0 Å². The zero-order chi connectivity index (χ0) is 15.0.